The summed E-state index contributed by atoms with van der Waals surface area (Å²) in [6, 6.07) is -1.15. The number of Topliss-reactive ketones (excluding diaryl/α,β-unsaturated/α-hetero) is 2. The maximum Gasteiger partial charge on any atom is 0.185 e. The molecule has 2 atom stereocenters. The molecule has 12 heteroatoms. The zero-order chi connectivity index (χ0) is 44.7. The topological polar surface area (TPSA) is 221 Å². The van der Waals surface area contributed by atoms with E-state index in [9.17, 15) is 9.59 Å². The van der Waals surface area contributed by atoms with Gasteiger partial charge >= 0.3 is 0 Å². The number of carbonyl (C=O) groups excluding carboxylic acids is 2. The summed E-state index contributed by atoms with van der Waals surface area (Å²) in [5, 5.41) is 0. The highest BCUT2D eigenvalue weighted by atomic mass is 16.1. The summed E-state index contributed by atoms with van der Waals surface area (Å²) >= 11 is 0. The van der Waals surface area contributed by atoms with Crippen molar-refractivity contribution in [3.8, 4) is 0 Å². The van der Waals surface area contributed by atoms with Gasteiger partial charge in [-0.25, -0.2) is 0 Å². The smallest absolute Gasteiger partial charge is 0.185 e. The van der Waals surface area contributed by atoms with E-state index in [1.807, 2.05) is 0 Å². The Bertz CT molecular complexity index is 1300. The molecule has 1 saturated heterocycles. The van der Waals surface area contributed by atoms with Crippen LogP contribution in [0.3, 0.4) is 0 Å². The first-order chi connectivity index (χ1) is 24.7. The molecule has 0 aromatic heterocycles. The van der Waals surface area contributed by atoms with E-state index in [0.29, 0.717) is 51.6 Å². The second-order valence-corrected chi connectivity index (χ2v) is 22.4. The number of piperazine rings is 1. The number of carbonyl (C=O) groups is 2. The van der Waals surface area contributed by atoms with Crippen molar-refractivity contribution in [2.24, 2.45) is 66.0 Å². The van der Waals surface area contributed by atoms with E-state index in [1.165, 1.54) is 0 Å². The van der Waals surface area contributed by atoms with E-state index in [2.05, 4.69) is 158 Å². The van der Waals surface area contributed by atoms with Gasteiger partial charge in [-0.05, 0) is 130 Å². The predicted molar refractivity (Wildman–Crippen MR) is 238 cm³/mol. The minimum Gasteiger partial charge on any atom is -0.370 e. The monoisotopic (exact) mass is 791 g/mol. The Hall–Kier alpha value is -2.28. The number of hydrogen-bond acceptors (Lipinski definition) is 8. The highest BCUT2D eigenvalue weighted by molar-refractivity contribution is 5.85. The van der Waals surface area contributed by atoms with Crippen LogP contribution in [0.2, 0.25) is 0 Å². The van der Waals surface area contributed by atoms with E-state index in [0.717, 1.165) is 0 Å². The molecule has 1 aliphatic rings. The third kappa shape index (κ3) is 9.28. The largest absolute Gasteiger partial charge is 0.370 e. The number of ketones is 2. The molecule has 12 N–H and O–H groups in total. The number of rotatable bonds is 20. The molecular formula is C44H90N10O2. The van der Waals surface area contributed by atoms with Gasteiger partial charge in [0, 0.05) is 59.2 Å². The van der Waals surface area contributed by atoms with E-state index < -0.39 is 34.0 Å². The Morgan fingerprint density at radius 1 is 0.500 bits per heavy atom. The maximum atomic E-state index is 13.7. The molecule has 0 bridgehead atoms. The highest BCUT2D eigenvalue weighted by Crippen LogP contribution is 2.64. The van der Waals surface area contributed by atoms with Crippen molar-refractivity contribution in [2.45, 2.75) is 222 Å². The summed E-state index contributed by atoms with van der Waals surface area (Å²) in [6.45, 7) is 47.6. The molecule has 0 saturated carbocycles. The lowest BCUT2D eigenvalue weighted by molar-refractivity contribution is -0.299. The molecule has 0 radical (unpaired) electrons. The highest BCUT2D eigenvalue weighted by Gasteiger charge is 2.72. The lowest BCUT2D eigenvalue weighted by Crippen LogP contribution is -2.91. The van der Waals surface area contributed by atoms with Crippen molar-refractivity contribution in [3.05, 3.63) is 0 Å². The summed E-state index contributed by atoms with van der Waals surface area (Å²) in [4.78, 5) is 41.1. The molecule has 1 aliphatic heterocycles. The second kappa shape index (κ2) is 16.8. The molecule has 0 aromatic carbocycles. The van der Waals surface area contributed by atoms with Gasteiger partial charge in [0.05, 0.1) is 12.1 Å². The first kappa shape index (κ1) is 51.7. The maximum absolute atomic E-state index is 13.7. The quantitative estimate of drug-likeness (QED) is 0.0475. The van der Waals surface area contributed by atoms with Crippen LogP contribution in [0.4, 0.5) is 0 Å². The van der Waals surface area contributed by atoms with Crippen LogP contribution >= 0.6 is 0 Å². The van der Waals surface area contributed by atoms with Gasteiger partial charge in [-0.2, -0.15) is 0 Å². The van der Waals surface area contributed by atoms with Crippen LogP contribution in [0.5, 0.6) is 0 Å². The predicted octanol–water partition coefficient (Wildman–Crippen LogP) is 6.06. The van der Waals surface area contributed by atoms with Crippen molar-refractivity contribution in [3.63, 3.8) is 0 Å². The zero-order valence-electron chi connectivity index (χ0n) is 39.9. The van der Waals surface area contributed by atoms with Crippen molar-refractivity contribution >= 4 is 23.5 Å². The Balaban J connectivity index is 3.71. The second-order valence-electron chi connectivity index (χ2n) is 22.4. The molecule has 1 fully saturated rings. The molecule has 0 spiro atoms. The number of nitrogens with two attached hydrogens (primary N) is 6. The summed E-state index contributed by atoms with van der Waals surface area (Å²) in [7, 11) is 0. The summed E-state index contributed by atoms with van der Waals surface area (Å²) in [6.07, 6.45) is 3.07. The summed E-state index contributed by atoms with van der Waals surface area (Å²) in [5.41, 5.74) is 31.0. The van der Waals surface area contributed by atoms with Crippen LogP contribution in [0.25, 0.3) is 0 Å². The van der Waals surface area contributed by atoms with E-state index in [4.69, 9.17) is 34.4 Å². The van der Waals surface area contributed by atoms with Gasteiger partial charge in [-0.3, -0.25) is 29.4 Å². The first-order valence-corrected chi connectivity index (χ1v) is 21.0. The van der Waals surface area contributed by atoms with Crippen LogP contribution in [0, 0.1) is 21.7 Å². The summed E-state index contributed by atoms with van der Waals surface area (Å²) < 4.78 is 0. The lowest BCUT2D eigenvalue weighted by Gasteiger charge is -2.80. The lowest BCUT2D eigenvalue weighted by atomic mass is 9.50. The van der Waals surface area contributed by atoms with E-state index >= 15 is 0 Å². The van der Waals surface area contributed by atoms with E-state index in [1.54, 1.807) is 0 Å². The van der Waals surface area contributed by atoms with Gasteiger partial charge < -0.3 is 34.4 Å². The van der Waals surface area contributed by atoms with Gasteiger partial charge in [0.15, 0.2) is 11.9 Å². The van der Waals surface area contributed by atoms with Crippen LogP contribution in [0.1, 0.15) is 177 Å². The van der Waals surface area contributed by atoms with Gasteiger partial charge in [-0.15, -0.1) is 0 Å². The molecule has 56 heavy (non-hydrogen) atoms. The van der Waals surface area contributed by atoms with Crippen molar-refractivity contribution < 1.29 is 9.59 Å². The fourth-order valence-corrected chi connectivity index (χ4v) is 10.4. The molecule has 1 rings (SSSR count). The first-order valence-electron chi connectivity index (χ1n) is 21.0. The van der Waals surface area contributed by atoms with E-state index in [-0.39, 0.29) is 56.5 Å². The number of hydrogen-bond donors (Lipinski definition) is 6. The Kier molecular flexibility index (Phi) is 15.5. The Labute approximate surface area is 343 Å². The van der Waals surface area contributed by atoms with Gasteiger partial charge in [-0.1, -0.05) is 55.4 Å². The van der Waals surface area contributed by atoms with Gasteiger partial charge in [0.1, 0.15) is 11.6 Å². The molecule has 0 aromatic rings. The van der Waals surface area contributed by atoms with Gasteiger partial charge in [0.2, 0.25) is 0 Å². The van der Waals surface area contributed by atoms with Crippen molar-refractivity contribution in [2.75, 3.05) is 13.1 Å². The zero-order valence-corrected chi connectivity index (χ0v) is 39.9. The van der Waals surface area contributed by atoms with Crippen LogP contribution in [-0.2, 0) is 9.59 Å². The third-order valence-corrected chi connectivity index (χ3v) is 16.8. The normalized spacial score (nSPS) is 20.5. The molecule has 0 aliphatic carbocycles. The Morgan fingerprint density at radius 2 is 0.732 bits per heavy atom. The Morgan fingerprint density at radius 3 is 0.946 bits per heavy atom. The third-order valence-electron chi connectivity index (χ3n) is 16.8. The molecule has 1 heterocycles. The van der Waals surface area contributed by atoms with Crippen LogP contribution < -0.4 is 34.4 Å². The average Bonchev–Trinajstić information content (AvgIpc) is 2.98. The van der Waals surface area contributed by atoms with Crippen molar-refractivity contribution in [1.29, 1.82) is 0 Å². The fourth-order valence-electron chi connectivity index (χ4n) is 10.4. The van der Waals surface area contributed by atoms with Crippen LogP contribution in [0.15, 0.2) is 9.98 Å². The number of guanidine groups is 2. The molecule has 2 unspecified atom stereocenters. The number of aliphatic imine (C=N–C) groups is 2. The minimum absolute atomic E-state index is 0.0466. The molecule has 12 nitrogen and oxygen atoms in total. The molecule has 0 amide bonds. The minimum atomic E-state index is -0.575. The fraction of sp³-hybridized carbons (Fsp3) is 0.909. The van der Waals surface area contributed by atoms with Gasteiger partial charge in [0.25, 0.3) is 0 Å². The van der Waals surface area contributed by atoms with Crippen molar-refractivity contribution in [1.82, 2.24) is 9.80 Å². The average molecular weight is 791 g/mol. The number of nitrogens with zero attached hydrogens (tertiary/aromatic N) is 4. The molecular weight excluding hydrogens is 701 g/mol. The SMILES string of the molecule is CC(C)(CC(=O)C(N)CCCN=C(N)N)C(C)(C)C(C)(C)N1C(C)(C)C(C)(C)N(C(C)(C)C(C)(C)C(C)(C)CC(=O)C(N)CCCN=C(N)N)C(C)(C)C1(C)C. The summed E-state index contributed by atoms with van der Waals surface area (Å²) in [5.74, 6) is 0.213. The van der Waals surface area contributed by atoms with Crippen LogP contribution in [-0.4, -0.2) is 91.7 Å². The molecule has 328 valence electrons. The standard InChI is InChI=1S/C44H90N10O2/c1-35(2,27-31(55)29(45)23-21-25-51-33(47)48)37(5,6)39(9,10)53-41(13,14)43(17,18)54(44(19,20)42(53,15)16)40(11,12)38(7,8)36(3,4)28-32(56)30(46)24-22-26-52-34(49)50/h29-30H,21-28,45-46H2,1-20H3,(H4,47,48,51)(H4,49,50,52).